The molecule has 1 aromatic carbocycles. The van der Waals surface area contributed by atoms with Crippen molar-refractivity contribution in [3.63, 3.8) is 0 Å². The van der Waals surface area contributed by atoms with Gasteiger partial charge >= 0.3 is 0 Å². The Morgan fingerprint density at radius 3 is 2.50 bits per heavy atom. The first-order valence-electron chi connectivity index (χ1n) is 9.67. The highest BCUT2D eigenvalue weighted by Crippen LogP contribution is 2.27. The number of piperazine rings is 1. The number of aliphatic imine (C=N–C) groups is 1. The zero-order chi connectivity index (χ0) is 18.9. The summed E-state index contributed by atoms with van der Waals surface area (Å²) in [6.07, 6.45) is 1.26. The first kappa shape index (κ1) is 20.4. The van der Waals surface area contributed by atoms with E-state index < -0.39 is 0 Å². The van der Waals surface area contributed by atoms with E-state index in [-0.39, 0.29) is 6.10 Å². The Morgan fingerprint density at radius 1 is 1.23 bits per heavy atom. The van der Waals surface area contributed by atoms with Gasteiger partial charge in [0.2, 0.25) is 0 Å². The van der Waals surface area contributed by atoms with E-state index in [0.29, 0.717) is 11.7 Å². The van der Waals surface area contributed by atoms with Crippen LogP contribution in [0.25, 0.3) is 0 Å². The number of nitrogens with zero attached hydrogens (tertiary/aromatic N) is 3. The maximum absolute atomic E-state index is 10.0. The van der Waals surface area contributed by atoms with Gasteiger partial charge in [-0.2, -0.15) is 0 Å². The molecule has 0 aliphatic carbocycles. The molecule has 2 N–H and O–H groups in total. The number of benzene rings is 1. The number of hydrogen-bond donors (Lipinski definition) is 2. The van der Waals surface area contributed by atoms with E-state index in [1.165, 1.54) is 0 Å². The van der Waals surface area contributed by atoms with Gasteiger partial charge in [-0.1, -0.05) is 26.0 Å². The predicted molar refractivity (Wildman–Crippen MR) is 108 cm³/mol. The lowest BCUT2D eigenvalue weighted by Crippen LogP contribution is -2.52. The second-order valence-corrected chi connectivity index (χ2v) is 6.96. The number of para-hydroxylation sites is 2. The van der Waals surface area contributed by atoms with Crippen molar-refractivity contribution in [1.29, 1.82) is 0 Å². The largest absolute Gasteiger partial charge is 0.506 e. The maximum atomic E-state index is 10.0. The second-order valence-electron chi connectivity index (χ2n) is 6.96. The van der Waals surface area contributed by atoms with Gasteiger partial charge in [-0.3, -0.25) is 4.99 Å². The molecule has 1 aliphatic heterocycles. The van der Waals surface area contributed by atoms with Crippen LogP contribution in [0.2, 0.25) is 0 Å². The highest BCUT2D eigenvalue weighted by atomic mass is 16.5. The Bertz CT molecular complexity index is 569. The number of phenolic OH excluding ortho intramolecular Hbond substituents is 1. The van der Waals surface area contributed by atoms with Crippen LogP contribution < -0.4 is 10.2 Å². The average molecular weight is 363 g/mol. The summed E-state index contributed by atoms with van der Waals surface area (Å²) in [5.41, 5.74) is 0.909. The van der Waals surface area contributed by atoms with Crippen LogP contribution in [-0.4, -0.2) is 68.4 Å². The van der Waals surface area contributed by atoms with E-state index in [0.717, 1.165) is 57.4 Å². The lowest BCUT2D eigenvalue weighted by atomic mass is 10.0. The summed E-state index contributed by atoms with van der Waals surface area (Å²) in [5, 5.41) is 13.5. The van der Waals surface area contributed by atoms with E-state index in [1.54, 1.807) is 6.07 Å². The van der Waals surface area contributed by atoms with Crippen LogP contribution in [0.15, 0.2) is 29.3 Å². The molecule has 0 amide bonds. The Hall–Kier alpha value is -1.95. The molecule has 146 valence electrons. The van der Waals surface area contributed by atoms with E-state index >= 15 is 0 Å². The van der Waals surface area contributed by atoms with Crippen LogP contribution in [-0.2, 0) is 4.74 Å². The number of ether oxygens (including phenoxy) is 1. The highest BCUT2D eigenvalue weighted by molar-refractivity contribution is 5.80. The van der Waals surface area contributed by atoms with Gasteiger partial charge in [-0.15, -0.1) is 0 Å². The topological polar surface area (TPSA) is 60.3 Å². The van der Waals surface area contributed by atoms with E-state index in [9.17, 15) is 5.11 Å². The van der Waals surface area contributed by atoms with Crippen LogP contribution in [0.5, 0.6) is 5.75 Å². The highest BCUT2D eigenvalue weighted by Gasteiger charge is 2.21. The Balaban J connectivity index is 1.82. The summed E-state index contributed by atoms with van der Waals surface area (Å²) in [6, 6.07) is 7.53. The van der Waals surface area contributed by atoms with E-state index in [2.05, 4.69) is 34.0 Å². The fraction of sp³-hybridized carbons (Fsp3) is 0.650. The number of hydrogen-bond acceptors (Lipinski definition) is 4. The SMILES string of the molecule is CCOC(CCNC(=NC)N1CCN(c2ccccc2O)CC1)C(C)C. The van der Waals surface area contributed by atoms with Gasteiger partial charge < -0.3 is 25.0 Å². The van der Waals surface area contributed by atoms with Crippen molar-refractivity contribution in [1.82, 2.24) is 10.2 Å². The molecule has 0 bridgehead atoms. The van der Waals surface area contributed by atoms with Crippen molar-refractivity contribution in [2.75, 3.05) is 51.3 Å². The predicted octanol–water partition coefficient (Wildman–Crippen LogP) is 2.54. The molecule has 2 rings (SSSR count). The molecule has 1 aromatic rings. The molecule has 6 heteroatoms. The van der Waals surface area contributed by atoms with Crippen LogP contribution in [0.3, 0.4) is 0 Å². The number of phenols is 1. The Kier molecular flexibility index (Phi) is 8.04. The zero-order valence-electron chi connectivity index (χ0n) is 16.6. The standard InChI is InChI=1S/C20H34N4O2/c1-5-26-19(16(2)3)10-11-22-20(21-4)24-14-12-23(13-15-24)17-8-6-7-9-18(17)25/h6-9,16,19,25H,5,10-15H2,1-4H3,(H,21,22). The molecule has 1 fully saturated rings. The lowest BCUT2D eigenvalue weighted by Gasteiger charge is -2.38. The molecule has 26 heavy (non-hydrogen) atoms. The summed E-state index contributed by atoms with van der Waals surface area (Å²) in [4.78, 5) is 8.94. The normalized spacial score (nSPS) is 16.9. The fourth-order valence-electron chi connectivity index (χ4n) is 3.37. The molecule has 1 heterocycles. The van der Waals surface area contributed by atoms with E-state index in [1.807, 2.05) is 32.2 Å². The average Bonchev–Trinajstić information content (AvgIpc) is 2.65. The van der Waals surface area contributed by atoms with Gasteiger partial charge in [0.05, 0.1) is 11.8 Å². The van der Waals surface area contributed by atoms with Crippen LogP contribution in [0, 0.1) is 5.92 Å². The minimum absolute atomic E-state index is 0.281. The number of nitrogens with one attached hydrogen (secondary N) is 1. The summed E-state index contributed by atoms with van der Waals surface area (Å²) in [6.45, 7) is 11.6. The van der Waals surface area contributed by atoms with Gasteiger partial charge in [-0.05, 0) is 31.4 Å². The minimum Gasteiger partial charge on any atom is -0.506 e. The molecule has 0 spiro atoms. The third-order valence-electron chi connectivity index (χ3n) is 4.85. The van der Waals surface area contributed by atoms with Crippen molar-refractivity contribution in [3.05, 3.63) is 24.3 Å². The molecule has 1 aliphatic rings. The third-order valence-corrected chi connectivity index (χ3v) is 4.85. The van der Waals surface area contributed by atoms with Crippen molar-refractivity contribution < 1.29 is 9.84 Å². The lowest BCUT2D eigenvalue weighted by molar-refractivity contribution is 0.0257. The van der Waals surface area contributed by atoms with Crippen LogP contribution >= 0.6 is 0 Å². The number of anilines is 1. The maximum Gasteiger partial charge on any atom is 0.193 e. The summed E-state index contributed by atoms with van der Waals surface area (Å²) in [7, 11) is 1.83. The second kappa shape index (κ2) is 10.3. The minimum atomic E-state index is 0.281. The Morgan fingerprint density at radius 2 is 1.92 bits per heavy atom. The van der Waals surface area contributed by atoms with Gasteiger partial charge in [0.25, 0.3) is 0 Å². The van der Waals surface area contributed by atoms with Crippen molar-refractivity contribution in [3.8, 4) is 5.75 Å². The quantitative estimate of drug-likeness (QED) is 0.577. The molecule has 1 atom stereocenters. The summed E-state index contributed by atoms with van der Waals surface area (Å²) in [5.74, 6) is 1.81. The third kappa shape index (κ3) is 5.53. The van der Waals surface area contributed by atoms with Crippen molar-refractivity contribution in [2.45, 2.75) is 33.3 Å². The van der Waals surface area contributed by atoms with E-state index in [4.69, 9.17) is 4.74 Å². The van der Waals surface area contributed by atoms with Crippen LogP contribution in [0.4, 0.5) is 5.69 Å². The molecule has 6 nitrogen and oxygen atoms in total. The van der Waals surface area contributed by atoms with Gasteiger partial charge in [0.1, 0.15) is 5.75 Å². The summed E-state index contributed by atoms with van der Waals surface area (Å²) >= 11 is 0. The van der Waals surface area contributed by atoms with Crippen molar-refractivity contribution in [2.24, 2.45) is 10.9 Å². The first-order valence-corrected chi connectivity index (χ1v) is 9.67. The van der Waals surface area contributed by atoms with Crippen molar-refractivity contribution >= 4 is 11.6 Å². The zero-order valence-corrected chi connectivity index (χ0v) is 16.6. The number of guanidine groups is 1. The first-order chi connectivity index (χ1) is 12.6. The molecule has 1 saturated heterocycles. The molecular formula is C20H34N4O2. The monoisotopic (exact) mass is 362 g/mol. The smallest absolute Gasteiger partial charge is 0.193 e. The molecular weight excluding hydrogens is 328 g/mol. The molecule has 0 aromatic heterocycles. The molecule has 0 radical (unpaired) electrons. The van der Waals surface area contributed by atoms with Gasteiger partial charge in [-0.25, -0.2) is 0 Å². The number of rotatable bonds is 7. The fourth-order valence-corrected chi connectivity index (χ4v) is 3.37. The van der Waals surface area contributed by atoms with Gasteiger partial charge in [0, 0.05) is 46.4 Å². The Labute approximate surface area is 157 Å². The molecule has 0 saturated carbocycles. The molecule has 1 unspecified atom stereocenters. The number of aromatic hydroxyl groups is 1. The van der Waals surface area contributed by atoms with Gasteiger partial charge in [0.15, 0.2) is 5.96 Å². The summed E-state index contributed by atoms with van der Waals surface area (Å²) < 4.78 is 5.81. The van der Waals surface area contributed by atoms with Crippen LogP contribution in [0.1, 0.15) is 27.2 Å².